The van der Waals surface area contributed by atoms with E-state index in [2.05, 4.69) is 16.0 Å². The molecule has 0 heterocycles. The number of amides is 3. The monoisotopic (exact) mass is 376 g/mol. The molecule has 0 aromatic carbocycles. The average Bonchev–Trinajstić information content (AvgIpc) is 2.54. The van der Waals surface area contributed by atoms with Crippen LogP contribution < -0.4 is 21.7 Å². The number of aliphatic carboxylic acids is 1. The molecular weight excluding hydrogens is 348 g/mol. The van der Waals surface area contributed by atoms with Gasteiger partial charge in [0, 0.05) is 0 Å². The predicted molar refractivity (Wildman–Crippen MR) is 96.0 cm³/mol. The van der Waals surface area contributed by atoms with E-state index in [1.807, 2.05) is 6.26 Å². The molecule has 9 nitrogen and oxygen atoms in total. The van der Waals surface area contributed by atoms with Crippen LogP contribution in [0.3, 0.4) is 0 Å². The Morgan fingerprint density at radius 2 is 1.68 bits per heavy atom. The number of rotatable bonds is 11. The zero-order valence-electron chi connectivity index (χ0n) is 15.0. The first-order chi connectivity index (χ1) is 11.6. The van der Waals surface area contributed by atoms with Crippen molar-refractivity contribution in [2.24, 2.45) is 11.7 Å². The summed E-state index contributed by atoms with van der Waals surface area (Å²) in [7, 11) is 0. The second-order valence-corrected chi connectivity index (χ2v) is 6.94. The molecule has 10 heteroatoms. The van der Waals surface area contributed by atoms with Gasteiger partial charge >= 0.3 is 5.97 Å². The van der Waals surface area contributed by atoms with Crippen molar-refractivity contribution in [2.75, 3.05) is 18.6 Å². The van der Waals surface area contributed by atoms with E-state index in [9.17, 15) is 19.2 Å². The van der Waals surface area contributed by atoms with Gasteiger partial charge in [-0.15, -0.1) is 0 Å². The maximum Gasteiger partial charge on any atom is 0.326 e. The maximum absolute atomic E-state index is 12.0. The number of carbonyl (C=O) groups excluding carboxylic acids is 3. The summed E-state index contributed by atoms with van der Waals surface area (Å²) in [6.07, 6.45) is 2.12. The van der Waals surface area contributed by atoms with Crippen molar-refractivity contribution in [2.45, 2.75) is 45.3 Å². The molecule has 0 radical (unpaired) electrons. The van der Waals surface area contributed by atoms with Crippen LogP contribution in [0.1, 0.15) is 27.2 Å². The average molecular weight is 376 g/mol. The van der Waals surface area contributed by atoms with Crippen LogP contribution in [0.4, 0.5) is 0 Å². The van der Waals surface area contributed by atoms with Gasteiger partial charge in [-0.2, -0.15) is 11.8 Å². The van der Waals surface area contributed by atoms with Crippen LogP contribution in [0.5, 0.6) is 0 Å². The lowest BCUT2D eigenvalue weighted by Crippen LogP contribution is -2.53. The lowest BCUT2D eigenvalue weighted by molar-refractivity contribution is -0.142. The fourth-order valence-corrected chi connectivity index (χ4v) is 2.21. The second-order valence-electron chi connectivity index (χ2n) is 5.96. The second kappa shape index (κ2) is 11.7. The fourth-order valence-electron chi connectivity index (χ4n) is 1.74. The van der Waals surface area contributed by atoms with E-state index >= 15 is 0 Å². The highest BCUT2D eigenvalue weighted by atomic mass is 32.2. The highest BCUT2D eigenvalue weighted by molar-refractivity contribution is 7.98. The Morgan fingerprint density at radius 3 is 2.16 bits per heavy atom. The summed E-state index contributed by atoms with van der Waals surface area (Å²) in [5.41, 5.74) is 5.65. The van der Waals surface area contributed by atoms with E-state index in [-0.39, 0.29) is 18.9 Å². The summed E-state index contributed by atoms with van der Waals surface area (Å²) in [5.74, 6) is -2.24. The van der Waals surface area contributed by atoms with E-state index in [4.69, 9.17) is 10.8 Å². The minimum absolute atomic E-state index is 0.0676. The summed E-state index contributed by atoms with van der Waals surface area (Å²) < 4.78 is 0. The topological polar surface area (TPSA) is 151 Å². The van der Waals surface area contributed by atoms with Crippen LogP contribution in [0.2, 0.25) is 0 Å². The van der Waals surface area contributed by atoms with Crippen molar-refractivity contribution in [1.29, 1.82) is 0 Å². The molecule has 0 saturated carbocycles. The molecule has 25 heavy (non-hydrogen) atoms. The summed E-state index contributed by atoms with van der Waals surface area (Å²) >= 11 is 1.47. The van der Waals surface area contributed by atoms with Gasteiger partial charge in [0.05, 0.1) is 12.6 Å². The Balaban J connectivity index is 4.39. The molecule has 0 bridgehead atoms. The van der Waals surface area contributed by atoms with E-state index < -0.39 is 41.8 Å². The van der Waals surface area contributed by atoms with Crippen molar-refractivity contribution in [1.82, 2.24) is 16.0 Å². The number of carboxylic acid groups (broad SMARTS) is 1. The number of nitrogens with one attached hydrogen (secondary N) is 3. The highest BCUT2D eigenvalue weighted by Gasteiger charge is 2.24. The first-order valence-corrected chi connectivity index (χ1v) is 9.34. The third-order valence-corrected chi connectivity index (χ3v) is 4.08. The molecule has 3 amide bonds. The number of hydrogen-bond acceptors (Lipinski definition) is 6. The van der Waals surface area contributed by atoms with E-state index in [0.717, 1.165) is 0 Å². The van der Waals surface area contributed by atoms with Gasteiger partial charge in [-0.05, 0) is 31.3 Å². The van der Waals surface area contributed by atoms with Gasteiger partial charge in [0.15, 0.2) is 0 Å². The standard InChI is InChI=1S/C15H28N4O5S/c1-8(2)12(16)14(22)17-7-11(20)18-9(3)13(21)19-10(15(23)24)5-6-25-4/h8-10,12H,5-7,16H2,1-4H3,(H,17,22)(H,18,20)(H,19,21)(H,23,24). The summed E-state index contributed by atoms with van der Waals surface area (Å²) in [5, 5.41) is 16.3. The molecule has 0 rings (SSSR count). The predicted octanol–water partition coefficient (Wildman–Crippen LogP) is -1.09. The summed E-state index contributed by atoms with van der Waals surface area (Å²) in [6, 6.07) is -2.66. The normalized spacial score (nSPS) is 14.3. The Morgan fingerprint density at radius 1 is 1.08 bits per heavy atom. The molecular formula is C15H28N4O5S. The van der Waals surface area contributed by atoms with Crippen LogP contribution in [0.15, 0.2) is 0 Å². The van der Waals surface area contributed by atoms with E-state index in [1.165, 1.54) is 18.7 Å². The van der Waals surface area contributed by atoms with Crippen LogP contribution in [0, 0.1) is 5.92 Å². The van der Waals surface area contributed by atoms with Crippen LogP contribution >= 0.6 is 11.8 Å². The van der Waals surface area contributed by atoms with E-state index in [1.54, 1.807) is 13.8 Å². The maximum atomic E-state index is 12.0. The zero-order valence-corrected chi connectivity index (χ0v) is 15.8. The number of nitrogens with two attached hydrogens (primary N) is 1. The highest BCUT2D eigenvalue weighted by Crippen LogP contribution is 2.01. The molecule has 0 aliphatic rings. The van der Waals surface area contributed by atoms with Gasteiger partial charge in [0.1, 0.15) is 12.1 Å². The number of hydrogen-bond donors (Lipinski definition) is 5. The molecule has 0 aromatic rings. The lowest BCUT2D eigenvalue weighted by atomic mass is 10.1. The minimum atomic E-state index is -1.13. The van der Waals surface area contributed by atoms with Crippen molar-refractivity contribution >= 4 is 35.5 Å². The summed E-state index contributed by atoms with van der Waals surface area (Å²) in [6.45, 7) is 4.69. The van der Waals surface area contributed by atoms with Gasteiger partial charge in [-0.3, -0.25) is 14.4 Å². The van der Waals surface area contributed by atoms with Gasteiger partial charge in [0.2, 0.25) is 17.7 Å². The minimum Gasteiger partial charge on any atom is -0.480 e. The molecule has 0 saturated heterocycles. The van der Waals surface area contributed by atoms with Crippen LogP contribution in [-0.2, 0) is 19.2 Å². The third kappa shape index (κ3) is 9.30. The van der Waals surface area contributed by atoms with Gasteiger partial charge in [-0.25, -0.2) is 4.79 Å². The van der Waals surface area contributed by atoms with Crippen molar-refractivity contribution < 1.29 is 24.3 Å². The quantitative estimate of drug-likeness (QED) is 0.307. The molecule has 3 atom stereocenters. The fraction of sp³-hybridized carbons (Fsp3) is 0.733. The Labute approximate surface area is 151 Å². The largest absolute Gasteiger partial charge is 0.480 e. The zero-order chi connectivity index (χ0) is 19.6. The first-order valence-electron chi connectivity index (χ1n) is 7.94. The molecule has 0 fully saturated rings. The Kier molecular flexibility index (Phi) is 10.8. The third-order valence-electron chi connectivity index (χ3n) is 3.44. The number of carbonyl (C=O) groups is 4. The smallest absolute Gasteiger partial charge is 0.326 e. The van der Waals surface area contributed by atoms with Gasteiger partial charge in [0.25, 0.3) is 0 Å². The molecule has 0 aromatic heterocycles. The molecule has 0 aliphatic heterocycles. The Bertz CT molecular complexity index is 487. The molecule has 6 N–H and O–H groups in total. The van der Waals surface area contributed by atoms with Crippen molar-refractivity contribution in [3.63, 3.8) is 0 Å². The van der Waals surface area contributed by atoms with Crippen molar-refractivity contribution in [3.8, 4) is 0 Å². The van der Waals surface area contributed by atoms with Gasteiger partial charge in [-0.1, -0.05) is 13.8 Å². The van der Waals surface area contributed by atoms with E-state index in [0.29, 0.717) is 5.75 Å². The molecule has 0 spiro atoms. The SMILES string of the molecule is CSCCC(NC(=O)C(C)NC(=O)CNC(=O)C(N)C(C)C)C(=O)O. The van der Waals surface area contributed by atoms with Crippen LogP contribution in [-0.4, -0.2) is 65.5 Å². The number of carboxylic acids is 1. The molecule has 0 aliphatic carbocycles. The molecule has 144 valence electrons. The van der Waals surface area contributed by atoms with Gasteiger partial charge < -0.3 is 26.8 Å². The first kappa shape index (κ1) is 23.2. The summed E-state index contributed by atoms with van der Waals surface area (Å²) in [4.78, 5) is 46.5. The Hall–Kier alpha value is -1.81. The lowest BCUT2D eigenvalue weighted by Gasteiger charge is -2.19. The van der Waals surface area contributed by atoms with Crippen LogP contribution in [0.25, 0.3) is 0 Å². The van der Waals surface area contributed by atoms with Crippen molar-refractivity contribution in [3.05, 3.63) is 0 Å². The molecule has 3 unspecified atom stereocenters. The number of thioether (sulfide) groups is 1.